The summed E-state index contributed by atoms with van der Waals surface area (Å²) >= 11 is 0. The van der Waals surface area contributed by atoms with E-state index in [-0.39, 0.29) is 12.6 Å². The van der Waals surface area contributed by atoms with Crippen LogP contribution in [0.3, 0.4) is 0 Å². The predicted molar refractivity (Wildman–Crippen MR) is 64.6 cm³/mol. The molecule has 1 rings (SSSR count). The molecule has 4 nitrogen and oxygen atoms in total. The van der Waals surface area contributed by atoms with Gasteiger partial charge in [0.15, 0.2) is 0 Å². The van der Waals surface area contributed by atoms with Crippen molar-refractivity contribution in [2.75, 3.05) is 33.7 Å². The fourth-order valence-electron chi connectivity index (χ4n) is 2.25. The quantitative estimate of drug-likeness (QED) is 0.592. The monoisotopic (exact) mass is 266 g/mol. The van der Waals surface area contributed by atoms with E-state index in [1.807, 2.05) is 19.0 Å². The zero-order chi connectivity index (χ0) is 13.9. The van der Waals surface area contributed by atoms with Gasteiger partial charge in [0.05, 0.1) is 0 Å². The normalized spacial score (nSPS) is 24.2. The van der Waals surface area contributed by atoms with E-state index in [2.05, 4.69) is 0 Å². The van der Waals surface area contributed by atoms with Crippen molar-refractivity contribution in [3.8, 4) is 0 Å². The van der Waals surface area contributed by atoms with Crippen LogP contribution in [0, 0.1) is 11.3 Å². The summed E-state index contributed by atoms with van der Waals surface area (Å²) in [6.07, 6.45) is -2.55. The minimum Gasteiger partial charge on any atom is -0.387 e. The Bertz CT molecular complexity index is 291. The van der Waals surface area contributed by atoms with E-state index in [4.69, 9.17) is 11.1 Å². The van der Waals surface area contributed by atoms with Crippen LogP contribution < -0.4 is 5.73 Å². The van der Waals surface area contributed by atoms with Gasteiger partial charge in [-0.05, 0) is 33.5 Å². The average molecular weight is 266 g/mol. The maximum absolute atomic E-state index is 12.7. The lowest BCUT2D eigenvalue weighted by Crippen LogP contribution is -2.50. The fourth-order valence-corrected chi connectivity index (χ4v) is 2.25. The fraction of sp³-hybridized carbons (Fsp3) is 0.909. The molecule has 0 amide bonds. The first-order valence-electron chi connectivity index (χ1n) is 6.01. The topological polar surface area (TPSA) is 56.4 Å². The van der Waals surface area contributed by atoms with E-state index < -0.39 is 17.9 Å². The summed E-state index contributed by atoms with van der Waals surface area (Å²) in [6.45, 7) is 1.04. The smallest absolute Gasteiger partial charge is 0.387 e. The Morgan fingerprint density at radius 2 is 2.11 bits per heavy atom. The van der Waals surface area contributed by atoms with Gasteiger partial charge in [0.1, 0.15) is 11.8 Å². The number of piperidine rings is 1. The van der Waals surface area contributed by atoms with Crippen LogP contribution in [-0.2, 0) is 0 Å². The van der Waals surface area contributed by atoms with Crippen molar-refractivity contribution in [3.05, 3.63) is 0 Å². The van der Waals surface area contributed by atoms with Crippen molar-refractivity contribution in [1.82, 2.24) is 9.80 Å². The average Bonchev–Trinajstić information content (AvgIpc) is 2.24. The lowest BCUT2D eigenvalue weighted by atomic mass is 10.0. The highest BCUT2D eigenvalue weighted by molar-refractivity contribution is 5.80. The molecule has 106 valence electrons. The van der Waals surface area contributed by atoms with Gasteiger partial charge in [-0.15, -0.1) is 0 Å². The molecule has 1 aliphatic heterocycles. The van der Waals surface area contributed by atoms with Gasteiger partial charge in [-0.2, -0.15) is 13.2 Å². The van der Waals surface area contributed by atoms with Gasteiger partial charge in [0.2, 0.25) is 0 Å². The van der Waals surface area contributed by atoms with Crippen molar-refractivity contribution in [2.24, 2.45) is 11.7 Å². The van der Waals surface area contributed by atoms with Crippen molar-refractivity contribution >= 4 is 5.84 Å². The minimum atomic E-state index is -4.43. The van der Waals surface area contributed by atoms with Crippen LogP contribution in [0.1, 0.15) is 12.8 Å². The highest BCUT2D eigenvalue weighted by atomic mass is 19.4. The summed E-state index contributed by atoms with van der Waals surface area (Å²) in [5.41, 5.74) is 5.06. The molecule has 1 aliphatic rings. The zero-order valence-electron chi connectivity index (χ0n) is 10.8. The van der Waals surface area contributed by atoms with Gasteiger partial charge in [-0.1, -0.05) is 0 Å². The largest absolute Gasteiger partial charge is 0.399 e. The third-order valence-electron chi connectivity index (χ3n) is 3.42. The number of likely N-dealkylation sites (N-methyl/N-ethyl adjacent to an activating group) is 1. The van der Waals surface area contributed by atoms with E-state index >= 15 is 0 Å². The number of halogens is 3. The maximum Gasteiger partial charge on any atom is 0.399 e. The molecular weight excluding hydrogens is 245 g/mol. The van der Waals surface area contributed by atoms with Crippen LogP contribution in [0.25, 0.3) is 0 Å². The number of hydrogen-bond acceptors (Lipinski definition) is 3. The molecule has 7 heteroatoms. The molecule has 18 heavy (non-hydrogen) atoms. The second kappa shape index (κ2) is 5.88. The summed E-state index contributed by atoms with van der Waals surface area (Å²) in [5.74, 6) is -2.65. The van der Waals surface area contributed by atoms with Gasteiger partial charge in [0, 0.05) is 19.1 Å². The third kappa shape index (κ3) is 4.13. The van der Waals surface area contributed by atoms with Crippen molar-refractivity contribution in [3.63, 3.8) is 0 Å². The molecule has 0 aliphatic carbocycles. The van der Waals surface area contributed by atoms with Crippen LogP contribution in [0.2, 0.25) is 0 Å². The van der Waals surface area contributed by atoms with Crippen LogP contribution in [0.4, 0.5) is 13.2 Å². The summed E-state index contributed by atoms with van der Waals surface area (Å²) in [4.78, 5) is 3.79. The molecule has 0 radical (unpaired) electrons. The van der Waals surface area contributed by atoms with E-state index in [1.165, 1.54) is 0 Å². The summed E-state index contributed by atoms with van der Waals surface area (Å²) in [6, 6.07) is 0.277. The number of nitrogens with two attached hydrogens (primary N) is 1. The molecule has 2 atom stereocenters. The molecule has 0 saturated carbocycles. The molecule has 2 unspecified atom stereocenters. The lowest BCUT2D eigenvalue weighted by molar-refractivity contribution is -0.161. The molecule has 3 N–H and O–H groups in total. The Balaban J connectivity index is 2.62. The highest BCUT2D eigenvalue weighted by Gasteiger charge is 2.43. The van der Waals surface area contributed by atoms with Gasteiger partial charge in [0.25, 0.3) is 0 Å². The van der Waals surface area contributed by atoms with Crippen molar-refractivity contribution < 1.29 is 13.2 Å². The van der Waals surface area contributed by atoms with Crippen molar-refractivity contribution in [1.29, 1.82) is 5.41 Å². The van der Waals surface area contributed by atoms with Gasteiger partial charge < -0.3 is 15.5 Å². The molecule has 1 heterocycles. The minimum absolute atomic E-state index is 0.205. The highest BCUT2D eigenvalue weighted by Crippen LogP contribution is 2.28. The molecule has 0 spiro atoms. The summed E-state index contributed by atoms with van der Waals surface area (Å²) in [5, 5.41) is 7.08. The van der Waals surface area contributed by atoms with E-state index in [9.17, 15) is 13.2 Å². The second-order valence-electron chi connectivity index (χ2n) is 5.07. The Labute approximate surface area is 105 Å². The Kier molecular flexibility index (Phi) is 4.98. The molecular formula is C11H21F3N4. The van der Waals surface area contributed by atoms with Crippen LogP contribution in [0.15, 0.2) is 0 Å². The number of amidine groups is 1. The molecule has 0 aromatic heterocycles. The maximum atomic E-state index is 12.7. The lowest BCUT2D eigenvalue weighted by Gasteiger charge is -2.37. The first kappa shape index (κ1) is 15.2. The number of alkyl halides is 3. The van der Waals surface area contributed by atoms with Gasteiger partial charge >= 0.3 is 6.18 Å². The standard InChI is InChI=1S/C11H21F3N4/c1-17(2)8-4-3-5-18(6-8)7-9(10(15)16)11(12,13)14/h8-9H,3-7H2,1-2H3,(H3,15,16). The summed E-state index contributed by atoms with van der Waals surface area (Å²) in [7, 11) is 3.86. The van der Waals surface area contributed by atoms with Gasteiger partial charge in [-0.25, -0.2) is 0 Å². The second-order valence-corrected chi connectivity index (χ2v) is 5.07. The molecule has 0 bridgehead atoms. The number of rotatable bonds is 4. The molecule has 0 aromatic rings. The summed E-state index contributed by atoms with van der Waals surface area (Å²) < 4.78 is 38.2. The molecule has 1 fully saturated rings. The number of hydrogen-bond donors (Lipinski definition) is 2. The van der Waals surface area contributed by atoms with Crippen LogP contribution >= 0.6 is 0 Å². The first-order chi connectivity index (χ1) is 8.21. The zero-order valence-corrected chi connectivity index (χ0v) is 10.8. The predicted octanol–water partition coefficient (Wildman–Crippen LogP) is 1.13. The van der Waals surface area contributed by atoms with Gasteiger partial charge in [-0.3, -0.25) is 5.41 Å². The Morgan fingerprint density at radius 3 is 2.56 bits per heavy atom. The van der Waals surface area contributed by atoms with Crippen LogP contribution in [0.5, 0.6) is 0 Å². The molecule has 0 aromatic carbocycles. The number of nitrogens with one attached hydrogen (secondary N) is 1. The number of nitrogens with zero attached hydrogens (tertiary/aromatic N) is 2. The van der Waals surface area contributed by atoms with E-state index in [1.54, 1.807) is 4.90 Å². The third-order valence-corrected chi connectivity index (χ3v) is 3.42. The van der Waals surface area contributed by atoms with E-state index in [0.29, 0.717) is 13.1 Å². The SMILES string of the molecule is CN(C)C1CCCN(CC(C(=N)N)C(F)(F)F)C1. The van der Waals surface area contributed by atoms with E-state index in [0.717, 1.165) is 12.8 Å². The number of likely N-dealkylation sites (tertiary alicyclic amines) is 1. The Morgan fingerprint density at radius 1 is 1.50 bits per heavy atom. The van der Waals surface area contributed by atoms with Crippen molar-refractivity contribution in [2.45, 2.75) is 25.1 Å². The Hall–Kier alpha value is -0.820. The first-order valence-corrected chi connectivity index (χ1v) is 6.01. The molecule has 1 saturated heterocycles. The van der Waals surface area contributed by atoms with Crippen LogP contribution in [-0.4, -0.2) is 61.6 Å².